The summed E-state index contributed by atoms with van der Waals surface area (Å²) >= 11 is 0. The molecular weight excluding hydrogens is 438 g/mol. The maximum atomic E-state index is 13.0. The maximum absolute atomic E-state index is 13.0. The molecule has 1 amide bonds. The molecule has 1 saturated carbocycles. The molecule has 0 spiro atoms. The van der Waals surface area contributed by atoms with Crippen LogP contribution in [0.25, 0.3) is 0 Å². The van der Waals surface area contributed by atoms with Gasteiger partial charge in [0.25, 0.3) is 11.6 Å². The third-order valence-electron chi connectivity index (χ3n) is 5.16. The summed E-state index contributed by atoms with van der Waals surface area (Å²) in [5.41, 5.74) is 0.256. The standard InChI is InChI=1S/C20H27N5O6S/c1-5-12(3)23-32(29,30)17-11-15(25(27)28)9-10-16(17)31-20-13(4)18(22-24(20)6-2)19(26)21-14-7-8-14/h9-12,14,23H,5-8H2,1-4H3,(H,21,26)/t12-/m0/s1. The Balaban J connectivity index is 2.04. The van der Waals surface area contributed by atoms with Crippen LogP contribution in [0.1, 0.15) is 56.1 Å². The van der Waals surface area contributed by atoms with Crippen LogP contribution in [0, 0.1) is 17.0 Å². The summed E-state index contributed by atoms with van der Waals surface area (Å²) in [6.45, 7) is 7.34. The van der Waals surface area contributed by atoms with Crippen LogP contribution in [-0.2, 0) is 16.6 Å². The average molecular weight is 466 g/mol. The van der Waals surface area contributed by atoms with Crippen LogP contribution in [-0.4, -0.2) is 41.1 Å². The first-order chi connectivity index (χ1) is 15.1. The van der Waals surface area contributed by atoms with Crippen molar-refractivity contribution in [1.82, 2.24) is 19.8 Å². The number of ether oxygens (including phenoxy) is 1. The second-order valence-corrected chi connectivity index (χ2v) is 9.45. The molecule has 1 aromatic carbocycles. The molecule has 11 nitrogen and oxygen atoms in total. The van der Waals surface area contributed by atoms with Gasteiger partial charge in [0.1, 0.15) is 10.6 Å². The van der Waals surface area contributed by atoms with Crippen LogP contribution >= 0.6 is 0 Å². The molecule has 2 aromatic rings. The van der Waals surface area contributed by atoms with E-state index in [1.165, 1.54) is 16.8 Å². The van der Waals surface area contributed by atoms with Crippen LogP contribution in [0.3, 0.4) is 0 Å². The van der Waals surface area contributed by atoms with Crippen molar-refractivity contribution in [2.24, 2.45) is 0 Å². The Hall–Kier alpha value is -2.99. The molecule has 3 rings (SSSR count). The van der Waals surface area contributed by atoms with E-state index >= 15 is 0 Å². The van der Waals surface area contributed by atoms with Crippen molar-refractivity contribution < 1.29 is 22.9 Å². The minimum Gasteiger partial charge on any atom is -0.438 e. The zero-order chi connectivity index (χ0) is 23.6. The van der Waals surface area contributed by atoms with Crippen molar-refractivity contribution in [3.8, 4) is 11.6 Å². The molecule has 1 atom stereocenters. The first-order valence-electron chi connectivity index (χ1n) is 10.4. The second-order valence-electron chi connectivity index (χ2n) is 7.76. The lowest BCUT2D eigenvalue weighted by molar-refractivity contribution is -0.385. The molecule has 1 fully saturated rings. The normalized spacial score (nSPS) is 14.8. The summed E-state index contributed by atoms with van der Waals surface area (Å²) in [7, 11) is -4.12. The number of hydrogen-bond acceptors (Lipinski definition) is 7. The van der Waals surface area contributed by atoms with E-state index in [0.29, 0.717) is 18.5 Å². The molecule has 0 unspecified atom stereocenters. The van der Waals surface area contributed by atoms with Crippen molar-refractivity contribution in [3.05, 3.63) is 39.6 Å². The highest BCUT2D eigenvalue weighted by molar-refractivity contribution is 7.89. The first kappa shape index (κ1) is 23.7. The van der Waals surface area contributed by atoms with Crippen molar-refractivity contribution >= 4 is 21.6 Å². The molecule has 1 aliphatic carbocycles. The highest BCUT2D eigenvalue weighted by Gasteiger charge is 2.30. The Labute approximate surface area is 186 Å². The fourth-order valence-electron chi connectivity index (χ4n) is 3.00. The lowest BCUT2D eigenvalue weighted by Gasteiger charge is -2.16. The van der Waals surface area contributed by atoms with E-state index in [-0.39, 0.29) is 45.9 Å². The molecule has 0 saturated heterocycles. The highest BCUT2D eigenvalue weighted by atomic mass is 32.2. The number of nitro groups is 1. The van der Waals surface area contributed by atoms with Crippen molar-refractivity contribution in [2.45, 2.75) is 70.5 Å². The molecule has 0 bridgehead atoms. The number of nitro benzene ring substituents is 1. The number of hydrogen-bond donors (Lipinski definition) is 2. The van der Waals surface area contributed by atoms with Gasteiger partial charge in [-0.2, -0.15) is 5.10 Å². The number of nitrogens with one attached hydrogen (secondary N) is 2. The predicted octanol–water partition coefficient (Wildman–Crippen LogP) is 2.88. The van der Waals surface area contributed by atoms with Gasteiger partial charge in [0.15, 0.2) is 5.69 Å². The lowest BCUT2D eigenvalue weighted by Crippen LogP contribution is -2.32. The Kier molecular flexibility index (Phi) is 6.84. The quantitative estimate of drug-likeness (QED) is 0.405. The molecule has 0 radical (unpaired) electrons. The molecular formula is C20H27N5O6S. The van der Waals surface area contributed by atoms with Gasteiger partial charge in [-0.25, -0.2) is 17.8 Å². The zero-order valence-electron chi connectivity index (χ0n) is 18.4. The van der Waals surface area contributed by atoms with Gasteiger partial charge in [0.2, 0.25) is 15.9 Å². The van der Waals surface area contributed by atoms with E-state index in [1.54, 1.807) is 20.8 Å². The van der Waals surface area contributed by atoms with Gasteiger partial charge in [-0.1, -0.05) is 6.92 Å². The van der Waals surface area contributed by atoms with E-state index in [0.717, 1.165) is 18.9 Å². The number of aryl methyl sites for hydroxylation is 1. The fraction of sp³-hybridized carbons (Fsp3) is 0.500. The zero-order valence-corrected chi connectivity index (χ0v) is 19.2. The molecule has 1 heterocycles. The number of aromatic nitrogens is 2. The van der Waals surface area contributed by atoms with Crippen LogP contribution in [0.2, 0.25) is 0 Å². The molecule has 32 heavy (non-hydrogen) atoms. The average Bonchev–Trinajstić information content (AvgIpc) is 3.50. The van der Waals surface area contributed by atoms with E-state index < -0.39 is 14.9 Å². The molecule has 2 N–H and O–H groups in total. The van der Waals surface area contributed by atoms with Gasteiger partial charge < -0.3 is 10.1 Å². The fourth-order valence-corrected chi connectivity index (χ4v) is 4.47. The highest BCUT2D eigenvalue weighted by Crippen LogP contribution is 2.34. The number of non-ortho nitro benzene ring substituents is 1. The number of sulfonamides is 1. The summed E-state index contributed by atoms with van der Waals surface area (Å²) in [6.07, 6.45) is 2.39. The van der Waals surface area contributed by atoms with Crippen molar-refractivity contribution in [2.75, 3.05) is 0 Å². The number of carbonyl (C=O) groups excluding carboxylic acids is 1. The van der Waals surface area contributed by atoms with Crippen LogP contribution in [0.15, 0.2) is 23.1 Å². The van der Waals surface area contributed by atoms with Crippen molar-refractivity contribution in [3.63, 3.8) is 0 Å². The van der Waals surface area contributed by atoms with Gasteiger partial charge in [0, 0.05) is 36.3 Å². The number of nitrogens with zero attached hydrogens (tertiary/aromatic N) is 3. The Morgan fingerprint density at radius 1 is 1.38 bits per heavy atom. The van der Waals surface area contributed by atoms with E-state index in [4.69, 9.17) is 4.74 Å². The summed E-state index contributed by atoms with van der Waals surface area (Å²) in [4.78, 5) is 22.7. The summed E-state index contributed by atoms with van der Waals surface area (Å²) in [5, 5.41) is 18.4. The third-order valence-corrected chi connectivity index (χ3v) is 6.77. The minimum atomic E-state index is -4.12. The van der Waals surface area contributed by atoms with E-state index in [9.17, 15) is 23.3 Å². The Bertz CT molecular complexity index is 1140. The van der Waals surface area contributed by atoms with Crippen molar-refractivity contribution in [1.29, 1.82) is 0 Å². The van der Waals surface area contributed by atoms with Gasteiger partial charge in [-0.3, -0.25) is 14.9 Å². The monoisotopic (exact) mass is 465 g/mol. The third kappa shape index (κ3) is 5.07. The lowest BCUT2D eigenvalue weighted by atomic mass is 10.2. The molecule has 0 aliphatic heterocycles. The topological polar surface area (TPSA) is 145 Å². The number of benzene rings is 1. The maximum Gasteiger partial charge on any atom is 0.272 e. The SMILES string of the molecule is CC[C@H](C)NS(=O)(=O)c1cc([N+](=O)[O-])ccc1Oc1c(C)c(C(=O)NC2CC2)nn1CC. The minimum absolute atomic E-state index is 0.0988. The Morgan fingerprint density at radius 2 is 2.06 bits per heavy atom. The number of amides is 1. The number of rotatable bonds is 10. The number of carbonyl (C=O) groups is 1. The molecule has 1 aromatic heterocycles. The van der Waals surface area contributed by atoms with Gasteiger partial charge in [0.05, 0.1) is 4.92 Å². The molecule has 1 aliphatic rings. The van der Waals surface area contributed by atoms with Crippen LogP contribution in [0.4, 0.5) is 5.69 Å². The largest absolute Gasteiger partial charge is 0.438 e. The first-order valence-corrected chi connectivity index (χ1v) is 11.9. The van der Waals surface area contributed by atoms with E-state index in [2.05, 4.69) is 15.1 Å². The predicted molar refractivity (Wildman–Crippen MR) is 116 cm³/mol. The summed E-state index contributed by atoms with van der Waals surface area (Å²) in [5.74, 6) is -0.224. The van der Waals surface area contributed by atoms with Gasteiger partial charge >= 0.3 is 0 Å². The molecule has 174 valence electrons. The summed E-state index contributed by atoms with van der Waals surface area (Å²) < 4.78 is 35.8. The smallest absolute Gasteiger partial charge is 0.272 e. The summed E-state index contributed by atoms with van der Waals surface area (Å²) in [6, 6.07) is 3.13. The van der Waals surface area contributed by atoms with Crippen LogP contribution in [0.5, 0.6) is 11.6 Å². The van der Waals surface area contributed by atoms with E-state index in [1.807, 2.05) is 6.92 Å². The van der Waals surface area contributed by atoms with Gasteiger partial charge in [-0.15, -0.1) is 0 Å². The molecule has 12 heteroatoms. The second kappa shape index (κ2) is 9.25. The Morgan fingerprint density at radius 3 is 2.62 bits per heavy atom. The van der Waals surface area contributed by atoms with Gasteiger partial charge in [-0.05, 0) is 46.1 Å². The van der Waals surface area contributed by atoms with Crippen LogP contribution < -0.4 is 14.8 Å².